The summed E-state index contributed by atoms with van der Waals surface area (Å²) in [5.41, 5.74) is 0.112. The van der Waals surface area contributed by atoms with Gasteiger partial charge in [-0.1, -0.05) is 27.2 Å². The van der Waals surface area contributed by atoms with Crippen molar-refractivity contribution in [1.82, 2.24) is 0 Å². The third-order valence-corrected chi connectivity index (χ3v) is 3.17. The van der Waals surface area contributed by atoms with Crippen LogP contribution in [0.25, 0.3) is 0 Å². The monoisotopic (exact) mass is 198 g/mol. The molecule has 0 aromatic rings. The SMILES string of the molecule is CCCC(CC)(COC)C(C)C=C=O. The van der Waals surface area contributed by atoms with E-state index in [4.69, 9.17) is 4.74 Å². The zero-order valence-corrected chi connectivity index (χ0v) is 9.80. The normalized spacial score (nSPS) is 16.9. The Kier molecular flexibility index (Phi) is 6.52. The second-order valence-corrected chi connectivity index (χ2v) is 3.97. The maximum absolute atomic E-state index is 10.4. The molecule has 14 heavy (non-hydrogen) atoms. The molecule has 0 aliphatic rings. The molecule has 0 aliphatic carbocycles. The largest absolute Gasteiger partial charge is 0.384 e. The van der Waals surface area contributed by atoms with Gasteiger partial charge in [-0.3, -0.25) is 0 Å². The fourth-order valence-corrected chi connectivity index (χ4v) is 2.10. The standard InChI is InChI=1S/C12H22O2/c1-5-8-12(6-2,10-14-4)11(3)7-9-13/h7,11H,5-6,8,10H2,1-4H3. The Morgan fingerprint density at radius 3 is 2.50 bits per heavy atom. The topological polar surface area (TPSA) is 26.3 Å². The van der Waals surface area contributed by atoms with Crippen molar-refractivity contribution in [3.05, 3.63) is 6.08 Å². The molecule has 2 unspecified atom stereocenters. The van der Waals surface area contributed by atoms with Crippen LogP contribution in [-0.2, 0) is 9.53 Å². The van der Waals surface area contributed by atoms with Crippen molar-refractivity contribution >= 4 is 5.94 Å². The third kappa shape index (κ3) is 3.28. The van der Waals surface area contributed by atoms with E-state index in [1.54, 1.807) is 13.2 Å². The van der Waals surface area contributed by atoms with Crippen LogP contribution >= 0.6 is 0 Å². The molecule has 82 valence electrons. The molecule has 0 rings (SSSR count). The lowest BCUT2D eigenvalue weighted by Gasteiger charge is -2.35. The molecule has 0 spiro atoms. The van der Waals surface area contributed by atoms with Gasteiger partial charge < -0.3 is 4.74 Å². The van der Waals surface area contributed by atoms with Crippen molar-refractivity contribution in [3.8, 4) is 0 Å². The number of hydrogen-bond donors (Lipinski definition) is 0. The van der Waals surface area contributed by atoms with Crippen LogP contribution in [0, 0.1) is 11.3 Å². The smallest absolute Gasteiger partial charge is 0.120 e. The van der Waals surface area contributed by atoms with Gasteiger partial charge in [0, 0.05) is 18.6 Å². The Bertz CT molecular complexity index is 186. The number of rotatable bonds is 7. The van der Waals surface area contributed by atoms with Gasteiger partial charge in [0.25, 0.3) is 0 Å². The summed E-state index contributed by atoms with van der Waals surface area (Å²) < 4.78 is 5.27. The Morgan fingerprint density at radius 2 is 2.14 bits per heavy atom. The van der Waals surface area contributed by atoms with E-state index in [0.717, 1.165) is 25.9 Å². The van der Waals surface area contributed by atoms with Gasteiger partial charge in [-0.2, -0.15) is 0 Å². The lowest BCUT2D eigenvalue weighted by Crippen LogP contribution is -2.32. The predicted molar refractivity (Wildman–Crippen MR) is 58.9 cm³/mol. The highest BCUT2D eigenvalue weighted by Gasteiger charge is 2.32. The number of allylic oxidation sites excluding steroid dienone is 1. The molecule has 0 bridgehead atoms. The van der Waals surface area contributed by atoms with Crippen molar-refractivity contribution < 1.29 is 9.53 Å². The summed E-state index contributed by atoms with van der Waals surface area (Å²) >= 11 is 0. The van der Waals surface area contributed by atoms with Gasteiger partial charge in [-0.05, 0) is 18.8 Å². The summed E-state index contributed by atoms with van der Waals surface area (Å²) in [4.78, 5) is 10.4. The summed E-state index contributed by atoms with van der Waals surface area (Å²) in [6.45, 7) is 7.11. The van der Waals surface area contributed by atoms with Gasteiger partial charge in [0.15, 0.2) is 0 Å². The average molecular weight is 198 g/mol. The molecule has 2 heteroatoms. The Hall–Kier alpha value is -0.590. The van der Waals surface area contributed by atoms with Crippen molar-refractivity contribution in [2.75, 3.05) is 13.7 Å². The quantitative estimate of drug-likeness (QED) is 0.588. The van der Waals surface area contributed by atoms with Crippen LogP contribution in [0.5, 0.6) is 0 Å². The first-order valence-electron chi connectivity index (χ1n) is 5.36. The van der Waals surface area contributed by atoms with E-state index in [2.05, 4.69) is 20.8 Å². The van der Waals surface area contributed by atoms with Crippen LogP contribution in [0.15, 0.2) is 6.08 Å². The minimum Gasteiger partial charge on any atom is -0.384 e. The van der Waals surface area contributed by atoms with Crippen molar-refractivity contribution in [1.29, 1.82) is 0 Å². The molecule has 0 aromatic carbocycles. The number of ether oxygens (including phenoxy) is 1. The summed E-state index contributed by atoms with van der Waals surface area (Å²) in [6.07, 6.45) is 4.87. The Morgan fingerprint density at radius 1 is 1.50 bits per heavy atom. The summed E-state index contributed by atoms with van der Waals surface area (Å²) in [5, 5.41) is 0. The number of methoxy groups -OCH3 is 1. The minimum absolute atomic E-state index is 0.112. The average Bonchev–Trinajstić information content (AvgIpc) is 2.17. The molecule has 0 fully saturated rings. The molecule has 0 N–H and O–H groups in total. The van der Waals surface area contributed by atoms with Crippen LogP contribution in [-0.4, -0.2) is 19.7 Å². The van der Waals surface area contributed by atoms with Gasteiger partial charge in [-0.15, -0.1) is 0 Å². The highest BCUT2D eigenvalue weighted by atomic mass is 16.5. The third-order valence-electron chi connectivity index (χ3n) is 3.17. The van der Waals surface area contributed by atoms with Gasteiger partial charge in [-0.25, -0.2) is 4.79 Å². The molecular weight excluding hydrogens is 176 g/mol. The summed E-state index contributed by atoms with van der Waals surface area (Å²) in [7, 11) is 1.72. The zero-order chi connectivity index (χ0) is 11.0. The van der Waals surface area contributed by atoms with E-state index < -0.39 is 0 Å². The van der Waals surface area contributed by atoms with Crippen LogP contribution in [0.1, 0.15) is 40.0 Å². The highest BCUT2D eigenvalue weighted by molar-refractivity contribution is 5.45. The van der Waals surface area contributed by atoms with Crippen molar-refractivity contribution in [3.63, 3.8) is 0 Å². The van der Waals surface area contributed by atoms with E-state index in [9.17, 15) is 4.79 Å². The van der Waals surface area contributed by atoms with Crippen LogP contribution in [0.3, 0.4) is 0 Å². The highest BCUT2D eigenvalue weighted by Crippen LogP contribution is 2.37. The van der Waals surface area contributed by atoms with E-state index in [-0.39, 0.29) is 11.3 Å². The van der Waals surface area contributed by atoms with E-state index in [0.29, 0.717) is 0 Å². The molecule has 0 heterocycles. The molecule has 0 radical (unpaired) electrons. The molecule has 0 saturated heterocycles. The first kappa shape index (κ1) is 13.4. The lowest BCUT2D eigenvalue weighted by atomic mass is 9.71. The van der Waals surface area contributed by atoms with Gasteiger partial charge in [0.2, 0.25) is 0 Å². The molecule has 2 atom stereocenters. The fraction of sp³-hybridized carbons (Fsp3) is 0.833. The van der Waals surface area contributed by atoms with Crippen molar-refractivity contribution in [2.24, 2.45) is 11.3 Å². The second-order valence-electron chi connectivity index (χ2n) is 3.97. The molecule has 0 amide bonds. The van der Waals surface area contributed by atoms with Crippen molar-refractivity contribution in [2.45, 2.75) is 40.0 Å². The molecular formula is C12H22O2. The zero-order valence-electron chi connectivity index (χ0n) is 9.80. The van der Waals surface area contributed by atoms with Crippen LogP contribution in [0.4, 0.5) is 0 Å². The van der Waals surface area contributed by atoms with Crippen LogP contribution < -0.4 is 0 Å². The number of hydrogen-bond acceptors (Lipinski definition) is 2. The molecule has 0 aromatic heterocycles. The predicted octanol–water partition coefficient (Wildman–Crippen LogP) is 2.85. The van der Waals surface area contributed by atoms with Gasteiger partial charge in [0.1, 0.15) is 5.94 Å². The van der Waals surface area contributed by atoms with Gasteiger partial charge in [0.05, 0.1) is 6.61 Å². The number of carbonyl (C=O) groups excluding carboxylic acids is 1. The molecule has 0 aliphatic heterocycles. The second kappa shape index (κ2) is 6.80. The first-order valence-corrected chi connectivity index (χ1v) is 5.36. The minimum atomic E-state index is 0.112. The Balaban J connectivity index is 4.70. The molecule has 2 nitrogen and oxygen atoms in total. The molecule has 0 saturated carbocycles. The fourth-order valence-electron chi connectivity index (χ4n) is 2.10. The van der Waals surface area contributed by atoms with E-state index in [1.165, 1.54) is 0 Å². The summed E-state index contributed by atoms with van der Waals surface area (Å²) in [5.74, 6) is 2.13. The lowest BCUT2D eigenvalue weighted by molar-refractivity contribution is 0.0408. The Labute approximate surface area is 87.3 Å². The first-order chi connectivity index (χ1) is 6.66. The maximum atomic E-state index is 10.4. The van der Waals surface area contributed by atoms with E-state index in [1.807, 2.05) is 5.94 Å². The van der Waals surface area contributed by atoms with Gasteiger partial charge >= 0.3 is 0 Å². The summed E-state index contributed by atoms with van der Waals surface area (Å²) in [6, 6.07) is 0. The van der Waals surface area contributed by atoms with Crippen LogP contribution in [0.2, 0.25) is 0 Å². The van der Waals surface area contributed by atoms with E-state index >= 15 is 0 Å². The maximum Gasteiger partial charge on any atom is 0.120 e.